The van der Waals surface area contributed by atoms with Crippen LogP contribution in [0.1, 0.15) is 18.9 Å². The van der Waals surface area contributed by atoms with Crippen LogP contribution in [0.15, 0.2) is 24.3 Å². The molecule has 1 aliphatic rings. The van der Waals surface area contributed by atoms with Crippen LogP contribution in [0.5, 0.6) is 5.75 Å². The minimum Gasteiger partial charge on any atom is -0.497 e. The third kappa shape index (κ3) is 2.74. The lowest BCUT2D eigenvalue weighted by Gasteiger charge is -2.22. The fourth-order valence-electron chi connectivity index (χ4n) is 1.86. The van der Waals surface area contributed by atoms with Gasteiger partial charge < -0.3 is 14.2 Å². The summed E-state index contributed by atoms with van der Waals surface area (Å²) in [7, 11) is 1.68. The number of methoxy groups -OCH3 is 1. The van der Waals surface area contributed by atoms with Crippen molar-refractivity contribution < 1.29 is 14.2 Å². The maximum absolute atomic E-state index is 5.56. The van der Waals surface area contributed by atoms with E-state index in [0.29, 0.717) is 13.2 Å². The van der Waals surface area contributed by atoms with Crippen molar-refractivity contribution in [3.05, 3.63) is 29.8 Å². The zero-order valence-electron chi connectivity index (χ0n) is 9.86. The maximum atomic E-state index is 5.56. The second kappa shape index (κ2) is 4.85. The average molecular weight is 222 g/mol. The summed E-state index contributed by atoms with van der Waals surface area (Å²) >= 11 is 0. The highest BCUT2D eigenvalue weighted by Crippen LogP contribution is 2.24. The molecular weight excluding hydrogens is 204 g/mol. The largest absolute Gasteiger partial charge is 0.497 e. The first-order valence-corrected chi connectivity index (χ1v) is 5.63. The van der Waals surface area contributed by atoms with Crippen LogP contribution in [0, 0.1) is 0 Å². The molecule has 0 aromatic heterocycles. The second-order valence-corrected chi connectivity index (χ2v) is 4.18. The molecule has 88 valence electrons. The van der Waals surface area contributed by atoms with Crippen LogP contribution in [0.25, 0.3) is 0 Å². The molecule has 0 radical (unpaired) electrons. The minimum absolute atomic E-state index is 0.389. The van der Waals surface area contributed by atoms with Crippen LogP contribution < -0.4 is 4.74 Å². The maximum Gasteiger partial charge on any atom is 0.166 e. The van der Waals surface area contributed by atoms with Crippen molar-refractivity contribution in [2.75, 3.05) is 20.3 Å². The molecule has 0 atom stereocenters. The first kappa shape index (κ1) is 11.4. The average Bonchev–Trinajstić information content (AvgIpc) is 2.75. The van der Waals surface area contributed by atoms with Crippen molar-refractivity contribution in [1.29, 1.82) is 0 Å². The molecule has 0 spiro atoms. The van der Waals surface area contributed by atoms with E-state index in [0.717, 1.165) is 18.6 Å². The van der Waals surface area contributed by atoms with Gasteiger partial charge in [-0.2, -0.15) is 0 Å². The van der Waals surface area contributed by atoms with Gasteiger partial charge in [-0.25, -0.2) is 0 Å². The number of aryl methyl sites for hydroxylation is 1. The van der Waals surface area contributed by atoms with E-state index >= 15 is 0 Å². The highest BCUT2D eigenvalue weighted by molar-refractivity contribution is 5.27. The van der Waals surface area contributed by atoms with E-state index in [4.69, 9.17) is 14.2 Å². The van der Waals surface area contributed by atoms with E-state index < -0.39 is 0 Å². The summed E-state index contributed by atoms with van der Waals surface area (Å²) in [5.41, 5.74) is 1.28. The molecule has 0 N–H and O–H groups in total. The molecule has 1 aliphatic heterocycles. The fraction of sp³-hybridized carbons (Fsp3) is 0.538. The molecule has 3 heteroatoms. The van der Waals surface area contributed by atoms with Crippen LogP contribution in [-0.2, 0) is 15.9 Å². The van der Waals surface area contributed by atoms with Crippen molar-refractivity contribution in [2.45, 2.75) is 25.6 Å². The number of ether oxygens (including phenoxy) is 3. The predicted molar refractivity (Wildman–Crippen MR) is 61.6 cm³/mol. The third-order valence-electron chi connectivity index (χ3n) is 2.92. The van der Waals surface area contributed by atoms with E-state index in [1.54, 1.807) is 7.11 Å². The topological polar surface area (TPSA) is 27.7 Å². The van der Waals surface area contributed by atoms with Gasteiger partial charge in [0.1, 0.15) is 5.75 Å². The predicted octanol–water partition coefficient (Wildman–Crippen LogP) is 2.39. The summed E-state index contributed by atoms with van der Waals surface area (Å²) in [6.07, 6.45) is 1.85. The zero-order valence-corrected chi connectivity index (χ0v) is 9.86. The lowest BCUT2D eigenvalue weighted by molar-refractivity contribution is -0.146. The van der Waals surface area contributed by atoms with Crippen LogP contribution in [0.4, 0.5) is 0 Å². The first-order chi connectivity index (χ1) is 7.72. The van der Waals surface area contributed by atoms with E-state index in [1.807, 2.05) is 19.1 Å². The van der Waals surface area contributed by atoms with Gasteiger partial charge in [-0.15, -0.1) is 0 Å². The summed E-state index contributed by atoms with van der Waals surface area (Å²) in [5, 5.41) is 0. The Morgan fingerprint density at radius 3 is 2.38 bits per heavy atom. The van der Waals surface area contributed by atoms with Gasteiger partial charge in [-0.05, 0) is 31.0 Å². The molecule has 1 aromatic rings. The summed E-state index contributed by atoms with van der Waals surface area (Å²) in [6.45, 7) is 3.42. The Labute approximate surface area is 96.3 Å². The Bertz CT molecular complexity index is 326. The van der Waals surface area contributed by atoms with Gasteiger partial charge in [0.25, 0.3) is 0 Å². The van der Waals surface area contributed by atoms with Crippen molar-refractivity contribution in [1.82, 2.24) is 0 Å². The fourth-order valence-corrected chi connectivity index (χ4v) is 1.86. The van der Waals surface area contributed by atoms with Crippen LogP contribution >= 0.6 is 0 Å². The summed E-state index contributed by atoms with van der Waals surface area (Å²) in [4.78, 5) is 0. The normalized spacial score (nSPS) is 18.6. The second-order valence-electron chi connectivity index (χ2n) is 4.18. The van der Waals surface area contributed by atoms with Crippen molar-refractivity contribution >= 4 is 0 Å². The molecule has 2 rings (SSSR count). The smallest absolute Gasteiger partial charge is 0.166 e. The van der Waals surface area contributed by atoms with Crippen LogP contribution in [0.3, 0.4) is 0 Å². The first-order valence-electron chi connectivity index (χ1n) is 5.63. The van der Waals surface area contributed by atoms with Crippen LogP contribution in [-0.4, -0.2) is 26.1 Å². The number of hydrogen-bond acceptors (Lipinski definition) is 3. The Kier molecular flexibility index (Phi) is 3.46. The lowest BCUT2D eigenvalue weighted by atomic mass is 10.1. The molecule has 0 aliphatic carbocycles. The molecule has 16 heavy (non-hydrogen) atoms. The van der Waals surface area contributed by atoms with E-state index in [9.17, 15) is 0 Å². The van der Waals surface area contributed by atoms with E-state index in [1.165, 1.54) is 5.56 Å². The molecule has 1 heterocycles. The molecular formula is C13H18O3. The SMILES string of the molecule is COc1ccc(CCC2(C)OCCO2)cc1. The highest BCUT2D eigenvalue weighted by atomic mass is 16.7. The molecule has 1 saturated heterocycles. The quantitative estimate of drug-likeness (QED) is 0.783. The number of rotatable bonds is 4. The van der Waals surface area contributed by atoms with Gasteiger partial charge in [0, 0.05) is 6.42 Å². The number of benzene rings is 1. The monoisotopic (exact) mass is 222 g/mol. The molecule has 1 aromatic carbocycles. The molecule has 0 bridgehead atoms. The standard InChI is InChI=1S/C13H18O3/c1-13(15-9-10-16-13)8-7-11-3-5-12(14-2)6-4-11/h3-6H,7-10H2,1-2H3. The van der Waals surface area contributed by atoms with E-state index in [-0.39, 0.29) is 5.79 Å². The Hall–Kier alpha value is -1.06. The highest BCUT2D eigenvalue weighted by Gasteiger charge is 2.30. The summed E-state index contributed by atoms with van der Waals surface area (Å²) < 4.78 is 16.2. The molecule has 1 fully saturated rings. The Balaban J connectivity index is 1.89. The molecule has 0 amide bonds. The van der Waals surface area contributed by atoms with Gasteiger partial charge in [0.05, 0.1) is 20.3 Å². The van der Waals surface area contributed by atoms with Gasteiger partial charge in [-0.3, -0.25) is 0 Å². The van der Waals surface area contributed by atoms with Crippen molar-refractivity contribution in [2.24, 2.45) is 0 Å². The Morgan fingerprint density at radius 1 is 1.19 bits per heavy atom. The minimum atomic E-state index is -0.389. The number of hydrogen-bond donors (Lipinski definition) is 0. The zero-order chi connectivity index (χ0) is 11.4. The van der Waals surface area contributed by atoms with Crippen LogP contribution in [0.2, 0.25) is 0 Å². The molecule has 3 nitrogen and oxygen atoms in total. The Morgan fingerprint density at radius 2 is 1.81 bits per heavy atom. The molecule has 0 saturated carbocycles. The van der Waals surface area contributed by atoms with E-state index in [2.05, 4.69) is 12.1 Å². The summed E-state index contributed by atoms with van der Waals surface area (Å²) in [6, 6.07) is 8.12. The van der Waals surface area contributed by atoms with Gasteiger partial charge in [0.15, 0.2) is 5.79 Å². The molecule has 0 unspecified atom stereocenters. The summed E-state index contributed by atoms with van der Waals surface area (Å²) in [5.74, 6) is 0.503. The van der Waals surface area contributed by atoms with Gasteiger partial charge in [0.2, 0.25) is 0 Å². The van der Waals surface area contributed by atoms with Gasteiger partial charge in [-0.1, -0.05) is 12.1 Å². The van der Waals surface area contributed by atoms with Crippen molar-refractivity contribution in [3.8, 4) is 5.75 Å². The third-order valence-corrected chi connectivity index (χ3v) is 2.92. The van der Waals surface area contributed by atoms with Gasteiger partial charge >= 0.3 is 0 Å². The van der Waals surface area contributed by atoms with Crippen molar-refractivity contribution in [3.63, 3.8) is 0 Å². The lowest BCUT2D eigenvalue weighted by Crippen LogP contribution is -2.26.